The maximum Gasteiger partial charge on any atom is 0.262 e. The summed E-state index contributed by atoms with van der Waals surface area (Å²) in [7, 11) is 1.55. The Morgan fingerprint density at radius 3 is 2.84 bits per heavy atom. The van der Waals surface area contributed by atoms with Crippen LogP contribution in [0.25, 0.3) is 27.5 Å². The molecule has 2 aromatic carbocycles. The average molecular weight is 468 g/mol. The lowest BCUT2D eigenvalue weighted by atomic mass is 10.2. The number of hydrogen-bond donors (Lipinski definition) is 2. The van der Waals surface area contributed by atoms with Crippen molar-refractivity contribution in [1.82, 2.24) is 19.5 Å². The standard InChI is InChI=1S/C22H18ClN5O3S/c1-31-9-8-28-21(30)14-7-6-13(23)10-18(14)27-22(28)32-12-19(29)15(11-24)20-25-16-4-2-3-5-17(16)26-20/h2-7,10,29H,8-9,12H2,1H3,(H,25,26)/b19-15-. The first-order valence-corrected chi connectivity index (χ1v) is 11.0. The first kappa shape index (κ1) is 21.9. The fraction of sp³-hybridized carbons (Fsp3) is 0.182. The zero-order valence-corrected chi connectivity index (χ0v) is 18.6. The number of nitriles is 1. The molecule has 162 valence electrons. The number of imidazole rings is 1. The Labute approximate surface area is 192 Å². The number of H-pyrrole nitrogens is 1. The molecule has 32 heavy (non-hydrogen) atoms. The van der Waals surface area contributed by atoms with Crippen molar-refractivity contribution in [1.29, 1.82) is 5.26 Å². The van der Waals surface area contributed by atoms with Crippen molar-refractivity contribution in [2.24, 2.45) is 0 Å². The summed E-state index contributed by atoms with van der Waals surface area (Å²) in [6.07, 6.45) is 0. The van der Waals surface area contributed by atoms with Gasteiger partial charge in [0.15, 0.2) is 11.0 Å². The molecule has 10 heteroatoms. The van der Waals surface area contributed by atoms with Gasteiger partial charge in [-0.3, -0.25) is 9.36 Å². The van der Waals surface area contributed by atoms with E-state index in [4.69, 9.17) is 16.3 Å². The summed E-state index contributed by atoms with van der Waals surface area (Å²) in [5.41, 5.74) is 1.71. The Morgan fingerprint density at radius 1 is 1.28 bits per heavy atom. The van der Waals surface area contributed by atoms with E-state index in [2.05, 4.69) is 15.0 Å². The second-order valence-electron chi connectivity index (χ2n) is 6.83. The van der Waals surface area contributed by atoms with E-state index < -0.39 is 0 Å². The van der Waals surface area contributed by atoms with Crippen molar-refractivity contribution < 1.29 is 9.84 Å². The molecule has 0 saturated heterocycles. The summed E-state index contributed by atoms with van der Waals surface area (Å²) in [6, 6.07) is 14.3. The number of fused-ring (bicyclic) bond motifs is 2. The number of methoxy groups -OCH3 is 1. The molecule has 0 bridgehead atoms. The molecule has 8 nitrogen and oxygen atoms in total. The fourth-order valence-electron chi connectivity index (χ4n) is 3.19. The van der Waals surface area contributed by atoms with E-state index in [-0.39, 0.29) is 28.5 Å². The minimum atomic E-state index is -0.229. The number of hydrogen-bond acceptors (Lipinski definition) is 7. The van der Waals surface area contributed by atoms with Gasteiger partial charge in [-0.15, -0.1) is 0 Å². The van der Waals surface area contributed by atoms with E-state index in [1.165, 1.54) is 4.57 Å². The Morgan fingerprint density at radius 2 is 2.09 bits per heavy atom. The Balaban J connectivity index is 1.70. The first-order valence-electron chi connectivity index (χ1n) is 9.61. The quantitative estimate of drug-likeness (QED) is 0.181. The van der Waals surface area contributed by atoms with Crippen molar-refractivity contribution in [3.05, 3.63) is 69.4 Å². The number of halogens is 1. The number of para-hydroxylation sites is 2. The largest absolute Gasteiger partial charge is 0.510 e. The summed E-state index contributed by atoms with van der Waals surface area (Å²) in [5.74, 6) is 0.128. The minimum Gasteiger partial charge on any atom is -0.510 e. The lowest BCUT2D eigenvalue weighted by molar-refractivity contribution is 0.183. The van der Waals surface area contributed by atoms with E-state index in [1.54, 1.807) is 25.3 Å². The number of allylic oxidation sites excluding steroid dienone is 1. The molecule has 2 N–H and O–H groups in total. The molecule has 0 aliphatic heterocycles. The van der Waals surface area contributed by atoms with Crippen LogP contribution < -0.4 is 5.56 Å². The van der Waals surface area contributed by atoms with Crippen LogP contribution in [-0.2, 0) is 11.3 Å². The normalized spacial score (nSPS) is 12.2. The summed E-state index contributed by atoms with van der Waals surface area (Å²) in [5, 5.41) is 21.6. The third-order valence-electron chi connectivity index (χ3n) is 4.77. The van der Waals surface area contributed by atoms with Crippen LogP contribution in [-0.4, -0.2) is 44.1 Å². The molecule has 0 aliphatic carbocycles. The number of aliphatic hydroxyl groups excluding tert-OH is 1. The van der Waals surface area contributed by atoms with Crippen LogP contribution in [0, 0.1) is 11.3 Å². The maximum atomic E-state index is 13.0. The maximum absolute atomic E-state index is 13.0. The van der Waals surface area contributed by atoms with Crippen molar-refractivity contribution in [3.8, 4) is 6.07 Å². The van der Waals surface area contributed by atoms with Crippen LogP contribution in [0.4, 0.5) is 0 Å². The van der Waals surface area contributed by atoms with E-state index >= 15 is 0 Å². The van der Waals surface area contributed by atoms with Crippen LogP contribution in [0.5, 0.6) is 0 Å². The highest BCUT2D eigenvalue weighted by Gasteiger charge is 2.16. The second-order valence-corrected chi connectivity index (χ2v) is 8.21. The lowest BCUT2D eigenvalue weighted by Crippen LogP contribution is -2.25. The predicted octanol–water partition coefficient (Wildman–Crippen LogP) is 4.16. The van der Waals surface area contributed by atoms with E-state index in [9.17, 15) is 15.2 Å². The highest BCUT2D eigenvalue weighted by Crippen LogP contribution is 2.25. The van der Waals surface area contributed by atoms with Crippen LogP contribution >= 0.6 is 23.4 Å². The topological polar surface area (TPSA) is 117 Å². The second kappa shape index (κ2) is 9.44. The van der Waals surface area contributed by atoms with Crippen molar-refractivity contribution >= 4 is 50.9 Å². The zero-order valence-electron chi connectivity index (χ0n) is 17.0. The number of aromatic amines is 1. The lowest BCUT2D eigenvalue weighted by Gasteiger charge is -2.13. The van der Waals surface area contributed by atoms with E-state index in [0.717, 1.165) is 17.3 Å². The van der Waals surface area contributed by atoms with Crippen molar-refractivity contribution in [2.45, 2.75) is 11.7 Å². The van der Waals surface area contributed by atoms with Gasteiger partial charge in [-0.1, -0.05) is 35.5 Å². The molecule has 4 rings (SSSR count). The molecule has 4 aromatic rings. The van der Waals surface area contributed by atoms with Crippen LogP contribution in [0.1, 0.15) is 5.82 Å². The average Bonchev–Trinajstić information content (AvgIpc) is 3.21. The summed E-state index contributed by atoms with van der Waals surface area (Å²) in [6.45, 7) is 0.612. The Bertz CT molecular complexity index is 1400. The van der Waals surface area contributed by atoms with Crippen LogP contribution in [0.2, 0.25) is 5.02 Å². The van der Waals surface area contributed by atoms with Gasteiger partial charge in [-0.2, -0.15) is 5.26 Å². The highest BCUT2D eigenvalue weighted by atomic mass is 35.5. The highest BCUT2D eigenvalue weighted by molar-refractivity contribution is 7.99. The molecule has 0 aliphatic rings. The third-order valence-corrected chi connectivity index (χ3v) is 5.99. The monoisotopic (exact) mass is 467 g/mol. The van der Waals surface area contributed by atoms with Gasteiger partial charge in [0, 0.05) is 12.1 Å². The van der Waals surface area contributed by atoms with Gasteiger partial charge in [0.25, 0.3) is 5.56 Å². The fourth-order valence-corrected chi connectivity index (χ4v) is 4.26. The number of benzene rings is 2. The van der Waals surface area contributed by atoms with Gasteiger partial charge in [-0.25, -0.2) is 9.97 Å². The number of rotatable bonds is 7. The van der Waals surface area contributed by atoms with Gasteiger partial charge in [-0.05, 0) is 30.3 Å². The third kappa shape index (κ3) is 4.34. The minimum absolute atomic E-state index is 0.0193. The summed E-state index contributed by atoms with van der Waals surface area (Å²) >= 11 is 7.20. The molecule has 0 radical (unpaired) electrons. The number of ether oxygens (including phenoxy) is 1. The number of aliphatic hydroxyl groups is 1. The van der Waals surface area contributed by atoms with Gasteiger partial charge in [0.2, 0.25) is 0 Å². The van der Waals surface area contributed by atoms with Crippen molar-refractivity contribution in [3.63, 3.8) is 0 Å². The van der Waals surface area contributed by atoms with Gasteiger partial charge >= 0.3 is 0 Å². The molecular weight excluding hydrogens is 450 g/mol. The van der Waals surface area contributed by atoms with Crippen LogP contribution in [0.3, 0.4) is 0 Å². The SMILES string of the molecule is COCCn1c(SC/C(O)=C(\C#N)c2nc3ccccc3[nH]2)nc2cc(Cl)ccc2c1=O. The van der Waals surface area contributed by atoms with E-state index in [0.29, 0.717) is 39.8 Å². The Kier molecular flexibility index (Phi) is 6.46. The molecule has 0 fully saturated rings. The number of aromatic nitrogens is 4. The van der Waals surface area contributed by atoms with E-state index in [1.807, 2.05) is 30.3 Å². The molecule has 2 aromatic heterocycles. The smallest absolute Gasteiger partial charge is 0.262 e. The first-order chi connectivity index (χ1) is 15.5. The molecule has 0 amide bonds. The molecule has 0 saturated carbocycles. The number of thioether (sulfide) groups is 1. The molecule has 0 atom stereocenters. The number of nitrogens with one attached hydrogen (secondary N) is 1. The molecule has 0 unspecified atom stereocenters. The predicted molar refractivity (Wildman–Crippen MR) is 125 cm³/mol. The molecular formula is C22H18ClN5O3S. The summed E-state index contributed by atoms with van der Waals surface area (Å²) in [4.78, 5) is 25.0. The Hall–Kier alpha value is -3.32. The van der Waals surface area contributed by atoms with Gasteiger partial charge < -0.3 is 14.8 Å². The van der Waals surface area contributed by atoms with Crippen molar-refractivity contribution in [2.75, 3.05) is 19.5 Å². The van der Waals surface area contributed by atoms with Crippen LogP contribution in [0.15, 0.2) is 58.2 Å². The zero-order chi connectivity index (χ0) is 22.7. The summed E-state index contributed by atoms with van der Waals surface area (Å²) < 4.78 is 6.61. The van der Waals surface area contributed by atoms with Gasteiger partial charge in [0.1, 0.15) is 17.4 Å². The molecule has 0 spiro atoms. The molecule has 2 heterocycles. The van der Waals surface area contributed by atoms with Gasteiger partial charge in [0.05, 0.1) is 40.8 Å². The number of nitrogens with zero attached hydrogens (tertiary/aromatic N) is 4.